The molecule has 1 heterocycles. The van der Waals surface area contributed by atoms with Crippen molar-refractivity contribution >= 4 is 0 Å². The van der Waals surface area contributed by atoms with Crippen LogP contribution in [0.4, 0.5) is 0 Å². The van der Waals surface area contributed by atoms with E-state index >= 15 is 0 Å². The van der Waals surface area contributed by atoms with Gasteiger partial charge < -0.3 is 5.32 Å². The molecule has 1 nitrogen and oxygen atoms in total. The van der Waals surface area contributed by atoms with Crippen molar-refractivity contribution in [2.24, 2.45) is 11.8 Å². The normalized spacial score (nSPS) is 36.7. The van der Waals surface area contributed by atoms with Crippen LogP contribution in [-0.2, 0) is 0 Å². The maximum Gasteiger partial charge on any atom is 0.00958 e. The van der Waals surface area contributed by atoms with Crippen molar-refractivity contribution < 1.29 is 0 Å². The van der Waals surface area contributed by atoms with E-state index in [0.717, 1.165) is 17.9 Å². The van der Waals surface area contributed by atoms with E-state index < -0.39 is 0 Å². The highest BCUT2D eigenvalue weighted by Gasteiger charge is 2.26. The van der Waals surface area contributed by atoms with E-state index in [1.165, 1.54) is 51.5 Å². The van der Waals surface area contributed by atoms with Crippen LogP contribution < -0.4 is 5.32 Å². The summed E-state index contributed by atoms with van der Waals surface area (Å²) in [5.74, 6) is 1.98. The fourth-order valence-electron chi connectivity index (χ4n) is 3.00. The van der Waals surface area contributed by atoms with Crippen LogP contribution in [0.5, 0.6) is 0 Å². The summed E-state index contributed by atoms with van der Waals surface area (Å²) in [5.41, 5.74) is 0. The molecule has 1 aliphatic heterocycles. The molecule has 0 aromatic carbocycles. The molecule has 2 unspecified atom stereocenters. The van der Waals surface area contributed by atoms with E-state index in [2.05, 4.69) is 12.2 Å². The summed E-state index contributed by atoms with van der Waals surface area (Å²) in [6, 6.07) is 0.850. The molecule has 0 aromatic rings. The molecule has 0 bridgehead atoms. The van der Waals surface area contributed by atoms with Gasteiger partial charge in [-0.05, 0) is 31.2 Å². The molecule has 2 rings (SSSR count). The van der Waals surface area contributed by atoms with Gasteiger partial charge in [0.05, 0.1) is 0 Å². The van der Waals surface area contributed by atoms with Crippen molar-refractivity contribution in [3.05, 3.63) is 0 Å². The summed E-state index contributed by atoms with van der Waals surface area (Å²) in [6.45, 7) is 3.67. The van der Waals surface area contributed by atoms with Crippen LogP contribution in [0.15, 0.2) is 0 Å². The molecule has 0 aromatic heterocycles. The second-order valence-electron chi connectivity index (χ2n) is 5.07. The smallest absolute Gasteiger partial charge is 0.00958 e. The third-order valence-electron chi connectivity index (χ3n) is 4.01. The van der Waals surface area contributed by atoms with Gasteiger partial charge in [-0.1, -0.05) is 39.0 Å². The van der Waals surface area contributed by atoms with Crippen LogP contribution in [-0.4, -0.2) is 12.6 Å². The zero-order valence-electron chi connectivity index (χ0n) is 8.89. The summed E-state index contributed by atoms with van der Waals surface area (Å²) in [5, 5.41) is 3.65. The van der Waals surface area contributed by atoms with Crippen LogP contribution in [0.1, 0.15) is 51.9 Å². The van der Waals surface area contributed by atoms with E-state index in [1.807, 2.05) is 0 Å². The van der Waals surface area contributed by atoms with Gasteiger partial charge in [0.15, 0.2) is 0 Å². The van der Waals surface area contributed by atoms with Gasteiger partial charge in [-0.3, -0.25) is 0 Å². The van der Waals surface area contributed by atoms with Gasteiger partial charge in [0, 0.05) is 6.04 Å². The van der Waals surface area contributed by atoms with Crippen LogP contribution >= 0.6 is 0 Å². The van der Waals surface area contributed by atoms with Gasteiger partial charge >= 0.3 is 0 Å². The maximum absolute atomic E-state index is 3.65. The predicted molar refractivity (Wildman–Crippen MR) is 56.8 cm³/mol. The van der Waals surface area contributed by atoms with Crippen LogP contribution in [0.2, 0.25) is 0 Å². The summed E-state index contributed by atoms with van der Waals surface area (Å²) >= 11 is 0. The summed E-state index contributed by atoms with van der Waals surface area (Å²) < 4.78 is 0. The average Bonchev–Trinajstić information content (AvgIpc) is 2.54. The van der Waals surface area contributed by atoms with E-state index in [1.54, 1.807) is 0 Å². The predicted octanol–water partition coefficient (Wildman–Crippen LogP) is 2.95. The Morgan fingerprint density at radius 3 is 2.46 bits per heavy atom. The minimum Gasteiger partial charge on any atom is -0.314 e. The highest BCUT2D eigenvalue weighted by atomic mass is 14.9. The highest BCUT2D eigenvalue weighted by Crippen LogP contribution is 2.30. The SMILES string of the molecule is CC1CCNC1CC1CCCCC1. The quantitative estimate of drug-likeness (QED) is 0.690. The minimum absolute atomic E-state index is 0.850. The molecule has 1 N–H and O–H groups in total. The molecule has 1 saturated heterocycles. The standard InChI is InChI=1S/C12H23N/c1-10-7-8-13-12(10)9-11-5-3-2-4-6-11/h10-13H,2-9H2,1H3. The lowest BCUT2D eigenvalue weighted by Gasteiger charge is -2.26. The lowest BCUT2D eigenvalue weighted by molar-refractivity contribution is 0.288. The molecule has 76 valence electrons. The highest BCUT2D eigenvalue weighted by molar-refractivity contribution is 4.83. The van der Waals surface area contributed by atoms with Crippen molar-refractivity contribution in [1.29, 1.82) is 0 Å². The third kappa shape index (κ3) is 2.46. The van der Waals surface area contributed by atoms with Crippen LogP contribution in [0.3, 0.4) is 0 Å². The van der Waals surface area contributed by atoms with Gasteiger partial charge in [0.2, 0.25) is 0 Å². The first-order chi connectivity index (χ1) is 6.36. The Labute approximate surface area is 82.3 Å². The minimum atomic E-state index is 0.850. The average molecular weight is 181 g/mol. The second-order valence-corrected chi connectivity index (χ2v) is 5.07. The molecular weight excluding hydrogens is 158 g/mol. The maximum atomic E-state index is 3.65. The first-order valence-electron chi connectivity index (χ1n) is 6.09. The van der Waals surface area contributed by atoms with Gasteiger partial charge in [-0.15, -0.1) is 0 Å². The zero-order chi connectivity index (χ0) is 9.10. The number of rotatable bonds is 2. The van der Waals surface area contributed by atoms with Crippen LogP contribution in [0.25, 0.3) is 0 Å². The fraction of sp³-hybridized carbons (Fsp3) is 1.00. The molecule has 2 aliphatic rings. The Bertz CT molecular complexity index is 149. The Hall–Kier alpha value is -0.0400. The molecule has 1 saturated carbocycles. The topological polar surface area (TPSA) is 12.0 Å². The molecule has 1 heteroatoms. The lowest BCUT2D eigenvalue weighted by atomic mass is 9.83. The fourth-order valence-corrected chi connectivity index (χ4v) is 3.00. The van der Waals surface area contributed by atoms with E-state index in [-0.39, 0.29) is 0 Å². The first kappa shape index (κ1) is 9.51. The van der Waals surface area contributed by atoms with Crippen molar-refractivity contribution in [1.82, 2.24) is 5.32 Å². The molecule has 0 radical (unpaired) electrons. The largest absolute Gasteiger partial charge is 0.314 e. The molecular formula is C12H23N. The van der Waals surface area contributed by atoms with Gasteiger partial charge in [-0.25, -0.2) is 0 Å². The Kier molecular flexibility index (Phi) is 3.26. The first-order valence-corrected chi connectivity index (χ1v) is 6.09. The lowest BCUT2D eigenvalue weighted by Crippen LogP contribution is -2.29. The third-order valence-corrected chi connectivity index (χ3v) is 4.01. The van der Waals surface area contributed by atoms with Crippen LogP contribution in [0, 0.1) is 11.8 Å². The number of nitrogens with one attached hydrogen (secondary N) is 1. The Morgan fingerprint density at radius 2 is 1.85 bits per heavy atom. The van der Waals surface area contributed by atoms with E-state index in [0.29, 0.717) is 0 Å². The zero-order valence-corrected chi connectivity index (χ0v) is 8.89. The summed E-state index contributed by atoms with van der Waals surface area (Å²) in [6.07, 6.45) is 10.3. The Morgan fingerprint density at radius 1 is 1.08 bits per heavy atom. The van der Waals surface area contributed by atoms with Crippen molar-refractivity contribution in [3.8, 4) is 0 Å². The summed E-state index contributed by atoms with van der Waals surface area (Å²) in [7, 11) is 0. The van der Waals surface area contributed by atoms with E-state index in [4.69, 9.17) is 0 Å². The van der Waals surface area contributed by atoms with Gasteiger partial charge in [0.1, 0.15) is 0 Å². The molecule has 1 aliphatic carbocycles. The Balaban J connectivity index is 1.75. The molecule has 2 atom stereocenters. The monoisotopic (exact) mass is 181 g/mol. The molecule has 2 fully saturated rings. The van der Waals surface area contributed by atoms with Crippen molar-refractivity contribution in [2.75, 3.05) is 6.54 Å². The number of hydrogen-bond acceptors (Lipinski definition) is 1. The molecule has 0 amide bonds. The van der Waals surface area contributed by atoms with E-state index in [9.17, 15) is 0 Å². The molecule has 0 spiro atoms. The molecule has 13 heavy (non-hydrogen) atoms. The van der Waals surface area contributed by atoms with Crippen molar-refractivity contribution in [3.63, 3.8) is 0 Å². The van der Waals surface area contributed by atoms with Crippen molar-refractivity contribution in [2.45, 2.75) is 57.9 Å². The summed E-state index contributed by atoms with van der Waals surface area (Å²) in [4.78, 5) is 0. The van der Waals surface area contributed by atoms with Gasteiger partial charge in [-0.2, -0.15) is 0 Å². The number of hydrogen-bond donors (Lipinski definition) is 1. The second kappa shape index (κ2) is 4.45. The van der Waals surface area contributed by atoms with Gasteiger partial charge in [0.25, 0.3) is 0 Å².